The normalized spacial score (nSPS) is 29.0. The van der Waals surface area contributed by atoms with E-state index in [1.807, 2.05) is 13.0 Å². The molecule has 7 nitrogen and oxygen atoms in total. The van der Waals surface area contributed by atoms with E-state index >= 15 is 0 Å². The Hall–Kier alpha value is -1.73. The van der Waals surface area contributed by atoms with Gasteiger partial charge < -0.3 is 14.5 Å². The van der Waals surface area contributed by atoms with Gasteiger partial charge in [-0.2, -0.15) is 0 Å². The lowest BCUT2D eigenvalue weighted by atomic mass is 9.64. The van der Waals surface area contributed by atoms with Crippen LogP contribution in [0.3, 0.4) is 0 Å². The van der Waals surface area contributed by atoms with E-state index in [0.717, 1.165) is 70.2 Å². The Labute approximate surface area is 155 Å². The second kappa shape index (κ2) is 7.12. The van der Waals surface area contributed by atoms with Crippen molar-refractivity contribution in [2.24, 2.45) is 5.41 Å². The summed E-state index contributed by atoms with van der Waals surface area (Å²) in [5, 5.41) is 0. The van der Waals surface area contributed by atoms with Crippen LogP contribution in [0.2, 0.25) is 0 Å². The maximum Gasteiger partial charge on any atom is 0.236 e. The third kappa shape index (κ3) is 3.55. The largest absolute Gasteiger partial charge is 0.379 e. The van der Waals surface area contributed by atoms with Gasteiger partial charge in [0.1, 0.15) is 12.1 Å². The van der Waals surface area contributed by atoms with Gasteiger partial charge in [0.05, 0.1) is 19.8 Å². The Balaban J connectivity index is 1.28. The summed E-state index contributed by atoms with van der Waals surface area (Å²) in [4.78, 5) is 27.8. The van der Waals surface area contributed by atoms with Crippen LogP contribution in [0, 0.1) is 12.3 Å². The fraction of sp³-hybridized carbons (Fsp3) is 0.737. The van der Waals surface area contributed by atoms with Crippen LogP contribution in [0.15, 0.2) is 12.4 Å². The molecule has 2 aliphatic heterocycles. The van der Waals surface area contributed by atoms with Crippen molar-refractivity contribution >= 4 is 11.7 Å². The molecule has 0 radical (unpaired) electrons. The number of hydrogen-bond acceptors (Lipinski definition) is 6. The molecule has 26 heavy (non-hydrogen) atoms. The molecular weight excluding hydrogens is 330 g/mol. The number of aryl methyl sites for hydroxylation is 1. The minimum atomic E-state index is 0.284. The van der Waals surface area contributed by atoms with E-state index in [0.29, 0.717) is 18.0 Å². The monoisotopic (exact) mass is 359 g/mol. The molecule has 1 aromatic rings. The molecule has 142 valence electrons. The Morgan fingerprint density at radius 1 is 1.31 bits per heavy atom. The molecule has 0 unspecified atom stereocenters. The first-order valence-electron chi connectivity index (χ1n) is 9.64. The molecule has 4 rings (SSSR count). The van der Waals surface area contributed by atoms with Crippen molar-refractivity contribution in [3.8, 4) is 0 Å². The number of ether oxygens (including phenoxy) is 1. The molecule has 0 bridgehead atoms. The van der Waals surface area contributed by atoms with Crippen molar-refractivity contribution in [3.05, 3.63) is 18.1 Å². The van der Waals surface area contributed by atoms with Crippen LogP contribution in [0.25, 0.3) is 0 Å². The molecule has 1 amide bonds. The Kier molecular flexibility index (Phi) is 4.84. The Bertz CT molecular complexity index is 655. The molecule has 1 saturated carbocycles. The van der Waals surface area contributed by atoms with Crippen LogP contribution in [-0.4, -0.2) is 84.7 Å². The maximum atomic E-state index is 12.6. The summed E-state index contributed by atoms with van der Waals surface area (Å²) in [6, 6.07) is 2.55. The van der Waals surface area contributed by atoms with E-state index in [9.17, 15) is 4.79 Å². The zero-order valence-electron chi connectivity index (χ0n) is 15.9. The minimum absolute atomic E-state index is 0.284. The number of carbonyl (C=O) groups excluding carboxylic acids is 1. The zero-order valence-corrected chi connectivity index (χ0v) is 15.9. The molecular formula is C19H29N5O2. The fourth-order valence-electron chi connectivity index (χ4n) is 4.57. The summed E-state index contributed by atoms with van der Waals surface area (Å²) >= 11 is 0. The first kappa shape index (κ1) is 17.7. The number of likely N-dealkylation sites (tertiary alicyclic amines) is 1. The molecule has 3 heterocycles. The van der Waals surface area contributed by atoms with Gasteiger partial charge in [-0.3, -0.25) is 9.69 Å². The van der Waals surface area contributed by atoms with Crippen molar-refractivity contribution in [1.29, 1.82) is 0 Å². The van der Waals surface area contributed by atoms with Crippen molar-refractivity contribution in [1.82, 2.24) is 19.8 Å². The fourth-order valence-corrected chi connectivity index (χ4v) is 4.57. The summed E-state index contributed by atoms with van der Waals surface area (Å²) in [5.41, 5.74) is 1.32. The number of nitrogens with zero attached hydrogens (tertiary/aromatic N) is 5. The summed E-state index contributed by atoms with van der Waals surface area (Å²) < 4.78 is 5.36. The molecule has 1 aliphatic carbocycles. The van der Waals surface area contributed by atoms with Crippen LogP contribution < -0.4 is 4.90 Å². The molecule has 1 spiro atoms. The SMILES string of the molecule is Cc1cc(N(C)C2CC3(CCN(C(=O)CN4CCOCC4)C3)C2)ncn1. The predicted molar refractivity (Wildman–Crippen MR) is 99.1 cm³/mol. The molecule has 3 fully saturated rings. The summed E-state index contributed by atoms with van der Waals surface area (Å²) in [7, 11) is 2.12. The van der Waals surface area contributed by atoms with Gasteiger partial charge in [-0.05, 0) is 31.6 Å². The van der Waals surface area contributed by atoms with E-state index in [1.54, 1.807) is 6.33 Å². The third-order valence-corrected chi connectivity index (χ3v) is 6.29. The lowest BCUT2D eigenvalue weighted by molar-refractivity contribution is -0.133. The van der Waals surface area contributed by atoms with Crippen molar-refractivity contribution in [3.63, 3.8) is 0 Å². The summed E-state index contributed by atoms with van der Waals surface area (Å²) in [5.74, 6) is 1.28. The molecule has 1 aromatic heterocycles. The van der Waals surface area contributed by atoms with Crippen LogP contribution >= 0.6 is 0 Å². The number of hydrogen-bond donors (Lipinski definition) is 0. The average molecular weight is 359 g/mol. The van der Waals surface area contributed by atoms with Gasteiger partial charge in [0.2, 0.25) is 5.91 Å². The maximum absolute atomic E-state index is 12.6. The third-order valence-electron chi connectivity index (χ3n) is 6.29. The highest BCUT2D eigenvalue weighted by atomic mass is 16.5. The zero-order chi connectivity index (χ0) is 18.1. The van der Waals surface area contributed by atoms with Crippen LogP contribution in [0.4, 0.5) is 5.82 Å². The summed E-state index contributed by atoms with van der Waals surface area (Å²) in [6.45, 7) is 7.60. The van der Waals surface area contributed by atoms with Crippen molar-refractivity contribution in [2.75, 3.05) is 57.9 Å². The topological polar surface area (TPSA) is 61.8 Å². The summed E-state index contributed by atoms with van der Waals surface area (Å²) in [6.07, 6.45) is 5.06. The quantitative estimate of drug-likeness (QED) is 0.797. The number of morpholine rings is 1. The second-order valence-electron chi connectivity index (χ2n) is 8.14. The molecule has 7 heteroatoms. The number of amides is 1. The van der Waals surface area contributed by atoms with Gasteiger partial charge in [0.25, 0.3) is 0 Å². The Morgan fingerprint density at radius 3 is 2.81 bits per heavy atom. The molecule has 2 saturated heterocycles. The number of anilines is 1. The number of aromatic nitrogens is 2. The Morgan fingerprint density at radius 2 is 2.08 bits per heavy atom. The van der Waals surface area contributed by atoms with E-state index < -0.39 is 0 Å². The van der Waals surface area contributed by atoms with Gasteiger partial charge in [0.15, 0.2) is 0 Å². The number of carbonyl (C=O) groups is 1. The van der Waals surface area contributed by atoms with E-state index in [4.69, 9.17) is 4.74 Å². The standard InChI is InChI=1S/C19H29N5O2/c1-15-9-17(21-14-20-15)22(2)16-10-19(11-16)3-4-24(13-19)18(25)12-23-5-7-26-8-6-23/h9,14,16H,3-8,10-13H2,1-2H3. The second-order valence-corrected chi connectivity index (χ2v) is 8.14. The van der Waals surface area contributed by atoms with E-state index in [1.165, 1.54) is 0 Å². The van der Waals surface area contributed by atoms with Crippen molar-refractivity contribution in [2.45, 2.75) is 32.2 Å². The van der Waals surface area contributed by atoms with Gasteiger partial charge >= 0.3 is 0 Å². The van der Waals surface area contributed by atoms with Crippen LogP contribution in [0.5, 0.6) is 0 Å². The van der Waals surface area contributed by atoms with Crippen LogP contribution in [-0.2, 0) is 9.53 Å². The molecule has 3 aliphatic rings. The highest BCUT2D eigenvalue weighted by Crippen LogP contribution is 2.50. The van der Waals surface area contributed by atoms with Crippen molar-refractivity contribution < 1.29 is 9.53 Å². The van der Waals surface area contributed by atoms with E-state index in [-0.39, 0.29) is 5.91 Å². The minimum Gasteiger partial charge on any atom is -0.379 e. The van der Waals surface area contributed by atoms with Gasteiger partial charge in [-0.1, -0.05) is 0 Å². The smallest absolute Gasteiger partial charge is 0.236 e. The molecule has 0 aromatic carbocycles. The van der Waals surface area contributed by atoms with Gasteiger partial charge in [-0.15, -0.1) is 0 Å². The predicted octanol–water partition coefficient (Wildman–Crippen LogP) is 0.935. The average Bonchev–Trinajstić information content (AvgIpc) is 3.07. The highest BCUT2D eigenvalue weighted by molar-refractivity contribution is 5.78. The number of rotatable bonds is 4. The van der Waals surface area contributed by atoms with Gasteiger partial charge in [0, 0.05) is 51.0 Å². The first-order chi connectivity index (χ1) is 12.5. The lowest BCUT2D eigenvalue weighted by Crippen LogP contribution is -2.52. The molecule has 0 N–H and O–H groups in total. The van der Waals surface area contributed by atoms with Gasteiger partial charge in [-0.25, -0.2) is 9.97 Å². The van der Waals surface area contributed by atoms with E-state index in [2.05, 4.69) is 31.7 Å². The highest BCUT2D eigenvalue weighted by Gasteiger charge is 2.50. The molecule has 0 atom stereocenters. The van der Waals surface area contributed by atoms with Crippen LogP contribution in [0.1, 0.15) is 25.0 Å². The lowest BCUT2D eigenvalue weighted by Gasteiger charge is -2.49. The first-order valence-corrected chi connectivity index (χ1v) is 9.64.